The third-order valence-electron chi connectivity index (χ3n) is 1.24. The maximum Gasteiger partial charge on any atom is 0.339 e. The molecule has 0 bridgehead atoms. The number of carbonyl (C=O) groups excluding carboxylic acids is 1. The minimum atomic E-state index is -0.102. The molecule has 1 fully saturated rings. The van der Waals surface area contributed by atoms with Gasteiger partial charge in [-0.25, -0.2) is 10.1 Å². The maximum atomic E-state index is 10.7. The Morgan fingerprint density at radius 3 is 3.11 bits per heavy atom. The molecular weight excluding hydrogens is 116 g/mol. The number of nitrogens with zero attached hydrogens (tertiary/aromatic N) is 2. The quantitative estimate of drug-likeness (QED) is 0.486. The van der Waals surface area contributed by atoms with Crippen molar-refractivity contribution in [3.8, 4) is 0 Å². The van der Waals surface area contributed by atoms with Crippen molar-refractivity contribution in [1.29, 1.82) is 0 Å². The molecule has 1 radical (unpaired) electrons. The Morgan fingerprint density at radius 1 is 1.89 bits per heavy atom. The minimum absolute atomic E-state index is 0.102. The molecule has 3 nitrogen and oxygen atoms in total. The van der Waals surface area contributed by atoms with Crippen molar-refractivity contribution in [2.45, 2.75) is 0 Å². The summed E-state index contributed by atoms with van der Waals surface area (Å²) in [5.41, 5.74) is 0. The molecule has 1 aliphatic rings. The molecule has 49 valence electrons. The number of rotatable bonds is 2. The van der Waals surface area contributed by atoms with E-state index in [1.54, 1.807) is 11.0 Å². The lowest BCUT2D eigenvalue weighted by molar-refractivity contribution is 0.221. The van der Waals surface area contributed by atoms with E-state index < -0.39 is 0 Å². The SMILES string of the molecule is C=CCN1CC[N]C1=O. The van der Waals surface area contributed by atoms with Gasteiger partial charge in [0.05, 0.1) is 6.54 Å². The summed E-state index contributed by atoms with van der Waals surface area (Å²) in [7, 11) is 0. The average molecular weight is 125 g/mol. The second-order valence-corrected chi connectivity index (χ2v) is 1.90. The van der Waals surface area contributed by atoms with Crippen molar-refractivity contribution in [3.05, 3.63) is 12.7 Å². The average Bonchev–Trinajstić information content (AvgIpc) is 2.18. The van der Waals surface area contributed by atoms with E-state index in [9.17, 15) is 4.79 Å². The molecule has 3 heteroatoms. The highest BCUT2D eigenvalue weighted by Gasteiger charge is 2.18. The number of amides is 2. The zero-order chi connectivity index (χ0) is 6.69. The van der Waals surface area contributed by atoms with Gasteiger partial charge in [-0.2, -0.15) is 0 Å². The highest BCUT2D eigenvalue weighted by molar-refractivity contribution is 5.75. The van der Waals surface area contributed by atoms with Gasteiger partial charge in [-0.3, -0.25) is 0 Å². The summed E-state index contributed by atoms with van der Waals surface area (Å²) < 4.78 is 0. The largest absolute Gasteiger partial charge is 0.339 e. The van der Waals surface area contributed by atoms with Crippen molar-refractivity contribution in [1.82, 2.24) is 10.2 Å². The van der Waals surface area contributed by atoms with E-state index in [4.69, 9.17) is 0 Å². The first-order chi connectivity index (χ1) is 4.34. The van der Waals surface area contributed by atoms with Gasteiger partial charge in [0.15, 0.2) is 0 Å². The van der Waals surface area contributed by atoms with Crippen LogP contribution in [0.2, 0.25) is 0 Å². The molecule has 1 heterocycles. The van der Waals surface area contributed by atoms with Gasteiger partial charge in [-0.1, -0.05) is 6.08 Å². The summed E-state index contributed by atoms with van der Waals surface area (Å²) >= 11 is 0. The summed E-state index contributed by atoms with van der Waals surface area (Å²) in [5.74, 6) is 0. The molecule has 0 aromatic carbocycles. The van der Waals surface area contributed by atoms with Crippen molar-refractivity contribution in [3.63, 3.8) is 0 Å². The molecule has 9 heavy (non-hydrogen) atoms. The first kappa shape index (κ1) is 6.13. The van der Waals surface area contributed by atoms with Crippen LogP contribution in [0, 0.1) is 0 Å². The standard InChI is InChI=1S/C6H9N2O/c1-2-4-8-5-3-7-6(8)9/h2H,1,3-5H2. The van der Waals surface area contributed by atoms with Gasteiger partial charge in [0, 0.05) is 13.1 Å². The third kappa shape index (κ3) is 1.22. The van der Waals surface area contributed by atoms with Gasteiger partial charge >= 0.3 is 6.03 Å². The van der Waals surface area contributed by atoms with Crippen molar-refractivity contribution >= 4 is 6.03 Å². The Bertz CT molecular complexity index is 133. The van der Waals surface area contributed by atoms with Crippen LogP contribution < -0.4 is 5.32 Å². The van der Waals surface area contributed by atoms with E-state index in [-0.39, 0.29) is 6.03 Å². The molecule has 2 amide bonds. The van der Waals surface area contributed by atoms with Gasteiger partial charge in [0.25, 0.3) is 0 Å². The summed E-state index contributed by atoms with van der Waals surface area (Å²) in [6.45, 7) is 5.55. The van der Waals surface area contributed by atoms with E-state index >= 15 is 0 Å². The van der Waals surface area contributed by atoms with Gasteiger partial charge in [-0.05, 0) is 0 Å². The van der Waals surface area contributed by atoms with E-state index in [0.717, 1.165) is 6.54 Å². The Balaban J connectivity index is 2.39. The Hall–Kier alpha value is -0.990. The molecule has 0 unspecified atom stereocenters. The molecule has 1 saturated heterocycles. The van der Waals surface area contributed by atoms with E-state index in [0.29, 0.717) is 13.1 Å². The molecule has 0 aromatic rings. The third-order valence-corrected chi connectivity index (χ3v) is 1.24. The van der Waals surface area contributed by atoms with Crippen LogP contribution in [-0.2, 0) is 0 Å². The lowest BCUT2D eigenvalue weighted by atomic mass is 10.5. The highest BCUT2D eigenvalue weighted by atomic mass is 16.2. The fourth-order valence-electron chi connectivity index (χ4n) is 0.787. The van der Waals surface area contributed by atoms with Crippen LogP contribution >= 0.6 is 0 Å². The van der Waals surface area contributed by atoms with E-state index in [1.165, 1.54) is 0 Å². The summed E-state index contributed by atoms with van der Waals surface area (Å²) in [5, 5.41) is 3.68. The summed E-state index contributed by atoms with van der Waals surface area (Å²) in [4.78, 5) is 12.3. The number of carbonyl (C=O) groups is 1. The molecule has 0 atom stereocenters. The van der Waals surface area contributed by atoms with E-state index in [2.05, 4.69) is 11.9 Å². The van der Waals surface area contributed by atoms with Crippen LogP contribution in [0.5, 0.6) is 0 Å². The van der Waals surface area contributed by atoms with Gasteiger partial charge in [0.2, 0.25) is 0 Å². The second kappa shape index (κ2) is 2.53. The van der Waals surface area contributed by atoms with Crippen LogP contribution in [0.25, 0.3) is 0 Å². The molecule has 0 spiro atoms. The molecule has 0 aromatic heterocycles. The molecule has 1 rings (SSSR count). The predicted molar refractivity (Wildman–Crippen MR) is 34.2 cm³/mol. The highest BCUT2D eigenvalue weighted by Crippen LogP contribution is 1.96. The smallest absolute Gasteiger partial charge is 0.318 e. The van der Waals surface area contributed by atoms with Gasteiger partial charge < -0.3 is 4.90 Å². The Kier molecular flexibility index (Phi) is 1.72. The molecule has 1 aliphatic heterocycles. The lowest BCUT2D eigenvalue weighted by Crippen LogP contribution is -2.25. The van der Waals surface area contributed by atoms with Crippen molar-refractivity contribution < 1.29 is 4.79 Å². The normalized spacial score (nSPS) is 17.8. The van der Waals surface area contributed by atoms with E-state index in [1.807, 2.05) is 0 Å². The predicted octanol–water partition coefficient (Wildman–Crippen LogP) is 0.212. The second-order valence-electron chi connectivity index (χ2n) is 1.90. The molecule has 0 saturated carbocycles. The van der Waals surface area contributed by atoms with Crippen LogP contribution in [0.3, 0.4) is 0 Å². The number of urea groups is 1. The van der Waals surface area contributed by atoms with Crippen molar-refractivity contribution in [2.75, 3.05) is 19.6 Å². The summed E-state index contributed by atoms with van der Waals surface area (Å²) in [6.07, 6.45) is 1.71. The lowest BCUT2D eigenvalue weighted by Gasteiger charge is -2.08. The summed E-state index contributed by atoms with van der Waals surface area (Å²) in [6, 6.07) is -0.102. The minimum Gasteiger partial charge on any atom is -0.318 e. The Labute approximate surface area is 54.3 Å². The first-order valence-electron chi connectivity index (χ1n) is 2.92. The van der Waals surface area contributed by atoms with Gasteiger partial charge in [0.1, 0.15) is 0 Å². The fraction of sp³-hybridized carbons (Fsp3) is 0.500. The maximum absolute atomic E-state index is 10.7. The van der Waals surface area contributed by atoms with Crippen LogP contribution in [0.1, 0.15) is 0 Å². The monoisotopic (exact) mass is 125 g/mol. The number of hydrogen-bond acceptors (Lipinski definition) is 1. The van der Waals surface area contributed by atoms with Crippen LogP contribution in [-0.4, -0.2) is 30.6 Å². The number of hydrogen-bond donors (Lipinski definition) is 0. The van der Waals surface area contributed by atoms with Crippen molar-refractivity contribution in [2.24, 2.45) is 0 Å². The Morgan fingerprint density at radius 2 is 2.67 bits per heavy atom. The van der Waals surface area contributed by atoms with Gasteiger partial charge in [-0.15, -0.1) is 6.58 Å². The molecule has 0 aliphatic carbocycles. The fourth-order valence-corrected chi connectivity index (χ4v) is 0.787. The first-order valence-corrected chi connectivity index (χ1v) is 2.92. The molecular formula is C6H9N2O. The van der Waals surface area contributed by atoms with Crippen LogP contribution in [0.15, 0.2) is 12.7 Å². The van der Waals surface area contributed by atoms with Crippen LogP contribution in [0.4, 0.5) is 4.79 Å². The molecule has 0 N–H and O–H groups in total. The topological polar surface area (TPSA) is 34.4 Å². The zero-order valence-electron chi connectivity index (χ0n) is 5.21. The zero-order valence-corrected chi connectivity index (χ0v) is 5.21.